The van der Waals surface area contributed by atoms with Crippen LogP contribution >= 0.6 is 15.9 Å². The van der Waals surface area contributed by atoms with E-state index >= 15 is 0 Å². The second kappa shape index (κ2) is 9.22. The summed E-state index contributed by atoms with van der Waals surface area (Å²) in [5.74, 6) is -0.597. The van der Waals surface area contributed by atoms with E-state index in [0.717, 1.165) is 5.69 Å². The van der Waals surface area contributed by atoms with Crippen LogP contribution in [0.4, 0.5) is 9.18 Å². The summed E-state index contributed by atoms with van der Waals surface area (Å²) in [6, 6.07) is 5.97. The van der Waals surface area contributed by atoms with Gasteiger partial charge in [0.15, 0.2) is 5.60 Å². The van der Waals surface area contributed by atoms with Gasteiger partial charge in [-0.15, -0.1) is 0 Å². The topological polar surface area (TPSA) is 112 Å². The number of ether oxygens (including phenoxy) is 1. The molecule has 3 N–H and O–H groups in total. The molecule has 2 atom stereocenters. The second-order valence-electron chi connectivity index (χ2n) is 8.56. The Morgan fingerprint density at radius 1 is 1.30 bits per heavy atom. The number of piperidine rings is 1. The number of amides is 2. The van der Waals surface area contributed by atoms with Crippen LogP contribution in [-0.2, 0) is 4.74 Å². The molecule has 9 nitrogen and oxygen atoms in total. The molecule has 1 aromatic heterocycles. The number of aromatic nitrogens is 2. The van der Waals surface area contributed by atoms with Crippen LogP contribution in [0.15, 0.2) is 33.8 Å². The molecule has 0 radical (unpaired) electrons. The first-order valence-corrected chi connectivity index (χ1v) is 11.6. The number of carbonyl (C=O) groups excluding carboxylic acids is 2. The number of hydrogen-bond donors (Lipinski definition) is 3. The summed E-state index contributed by atoms with van der Waals surface area (Å²) < 4.78 is 19.9. The molecule has 2 aromatic rings. The highest BCUT2D eigenvalue weighted by Crippen LogP contribution is 2.36. The molecule has 0 bridgehead atoms. The Balaban J connectivity index is 1.45. The van der Waals surface area contributed by atoms with E-state index in [1.807, 2.05) is 13.8 Å². The summed E-state index contributed by atoms with van der Waals surface area (Å²) in [5.41, 5.74) is 3.89. The molecule has 2 aliphatic rings. The van der Waals surface area contributed by atoms with Crippen molar-refractivity contribution >= 4 is 33.6 Å². The molecule has 11 heteroatoms. The monoisotopic (exact) mass is 520 g/mol. The molecule has 1 saturated heterocycles. The Morgan fingerprint density at radius 3 is 2.67 bits per heavy atom. The number of hydrogen-bond acceptors (Lipinski definition) is 6. The van der Waals surface area contributed by atoms with Crippen LogP contribution in [0, 0.1) is 12.7 Å². The van der Waals surface area contributed by atoms with Crippen molar-refractivity contribution in [1.29, 1.82) is 0 Å². The summed E-state index contributed by atoms with van der Waals surface area (Å²) in [6.07, 6.45) is 0.438. The first kappa shape index (κ1) is 23.4. The number of rotatable bonds is 5. The molecular formula is C22H26BrFN6O3. The fourth-order valence-electron chi connectivity index (χ4n) is 4.32. The molecule has 2 amide bonds. The number of aromatic amines is 1. The fraction of sp³-hybridized carbons (Fsp3) is 0.455. The maximum atomic E-state index is 13.6. The van der Waals surface area contributed by atoms with Crippen molar-refractivity contribution in [2.75, 3.05) is 13.1 Å². The van der Waals surface area contributed by atoms with Crippen LogP contribution in [0.2, 0.25) is 0 Å². The SMILES string of the molecule is Cc1cc(C(=O)N[C@@H](C)[C@H](C)N2CCC3(CC2)OC(=O)NN=C3c2ccc(F)cc2Br)n[nH]1. The van der Waals surface area contributed by atoms with Gasteiger partial charge >= 0.3 is 6.09 Å². The Labute approximate surface area is 199 Å². The Kier molecular flexibility index (Phi) is 6.53. The van der Waals surface area contributed by atoms with Gasteiger partial charge in [0.05, 0.1) is 0 Å². The van der Waals surface area contributed by atoms with E-state index < -0.39 is 11.7 Å². The van der Waals surface area contributed by atoms with Crippen molar-refractivity contribution in [1.82, 2.24) is 25.8 Å². The highest BCUT2D eigenvalue weighted by atomic mass is 79.9. The quantitative estimate of drug-likeness (QED) is 0.560. The van der Waals surface area contributed by atoms with Gasteiger partial charge in [-0.25, -0.2) is 14.6 Å². The number of hydrazone groups is 1. The van der Waals surface area contributed by atoms with Gasteiger partial charge < -0.3 is 10.1 Å². The highest BCUT2D eigenvalue weighted by Gasteiger charge is 2.47. The molecule has 3 heterocycles. The van der Waals surface area contributed by atoms with Crippen molar-refractivity contribution in [2.45, 2.75) is 51.3 Å². The average molecular weight is 521 g/mol. The summed E-state index contributed by atoms with van der Waals surface area (Å²) in [5, 5.41) is 14.1. The zero-order valence-electron chi connectivity index (χ0n) is 18.6. The van der Waals surface area contributed by atoms with Crippen LogP contribution in [0.3, 0.4) is 0 Å². The standard InChI is InChI=1S/C22H26BrFN6O3/c1-12-10-18(27-26-12)20(31)25-13(2)14(3)30-8-6-22(7-9-30)19(28-29-21(32)33-22)16-5-4-15(24)11-17(16)23/h4-5,10-11,13-14H,6-9H2,1-3H3,(H,25,31)(H,26,27)(H,29,32)/t13-,14-/m0/s1. The van der Waals surface area contributed by atoms with Crippen LogP contribution < -0.4 is 10.7 Å². The van der Waals surface area contributed by atoms with E-state index in [2.05, 4.69) is 53.8 Å². The lowest BCUT2D eigenvalue weighted by Gasteiger charge is -2.45. The van der Waals surface area contributed by atoms with E-state index in [1.54, 1.807) is 12.1 Å². The Bertz CT molecular complexity index is 1100. The molecule has 1 fully saturated rings. The minimum absolute atomic E-state index is 0.0432. The number of nitrogens with one attached hydrogen (secondary N) is 3. The first-order valence-electron chi connectivity index (χ1n) is 10.8. The van der Waals surface area contributed by atoms with Crippen LogP contribution in [0.5, 0.6) is 0 Å². The number of likely N-dealkylation sites (tertiary alicyclic amines) is 1. The molecule has 0 aliphatic carbocycles. The molecular weight excluding hydrogens is 495 g/mol. The molecule has 33 heavy (non-hydrogen) atoms. The third-order valence-corrected chi connectivity index (χ3v) is 7.02. The number of halogens is 2. The van der Waals surface area contributed by atoms with Crippen LogP contribution in [0.25, 0.3) is 0 Å². The summed E-state index contributed by atoms with van der Waals surface area (Å²) >= 11 is 3.40. The number of benzene rings is 1. The molecule has 1 aromatic carbocycles. The largest absolute Gasteiger partial charge is 0.435 e. The normalized spacial score (nSPS) is 19.9. The van der Waals surface area contributed by atoms with Crippen molar-refractivity contribution < 1.29 is 18.7 Å². The molecule has 176 valence electrons. The maximum absolute atomic E-state index is 13.6. The van der Waals surface area contributed by atoms with Crippen LogP contribution in [-0.4, -0.2) is 63.6 Å². The number of carbonyl (C=O) groups is 2. The van der Waals surface area contributed by atoms with E-state index in [4.69, 9.17) is 4.74 Å². The molecule has 0 saturated carbocycles. The van der Waals surface area contributed by atoms with E-state index in [-0.39, 0.29) is 23.8 Å². The third-order valence-electron chi connectivity index (χ3n) is 6.37. The van der Waals surface area contributed by atoms with Gasteiger partial charge in [-0.1, -0.05) is 15.9 Å². The molecule has 1 spiro atoms. The number of H-pyrrole nitrogens is 1. The smallest absolute Gasteiger partial charge is 0.428 e. The zero-order chi connectivity index (χ0) is 23.8. The Hall–Kier alpha value is -2.79. The summed E-state index contributed by atoms with van der Waals surface area (Å²) in [4.78, 5) is 26.8. The highest BCUT2D eigenvalue weighted by molar-refractivity contribution is 9.10. The first-order chi connectivity index (χ1) is 15.7. The zero-order valence-corrected chi connectivity index (χ0v) is 20.2. The lowest BCUT2D eigenvalue weighted by atomic mass is 9.82. The average Bonchev–Trinajstić information content (AvgIpc) is 3.21. The molecule has 0 unspecified atom stereocenters. The van der Waals surface area contributed by atoms with Crippen molar-refractivity contribution in [3.8, 4) is 0 Å². The van der Waals surface area contributed by atoms with Gasteiger partial charge in [-0.05, 0) is 45.0 Å². The van der Waals surface area contributed by atoms with Crippen molar-refractivity contribution in [2.24, 2.45) is 5.10 Å². The summed E-state index contributed by atoms with van der Waals surface area (Å²) in [7, 11) is 0. The molecule has 2 aliphatic heterocycles. The van der Waals surface area contributed by atoms with Gasteiger partial charge in [0, 0.05) is 53.7 Å². The molecule has 4 rings (SSSR count). The van der Waals surface area contributed by atoms with Crippen molar-refractivity contribution in [3.63, 3.8) is 0 Å². The predicted octanol–water partition coefficient (Wildman–Crippen LogP) is 3.11. The van der Waals surface area contributed by atoms with Gasteiger partial charge in [0.1, 0.15) is 17.2 Å². The van der Waals surface area contributed by atoms with E-state index in [1.165, 1.54) is 12.1 Å². The fourth-order valence-corrected chi connectivity index (χ4v) is 4.86. The maximum Gasteiger partial charge on any atom is 0.428 e. The summed E-state index contributed by atoms with van der Waals surface area (Å²) in [6.45, 7) is 7.12. The van der Waals surface area contributed by atoms with Gasteiger partial charge in [-0.2, -0.15) is 10.2 Å². The predicted molar refractivity (Wildman–Crippen MR) is 124 cm³/mol. The second-order valence-corrected chi connectivity index (χ2v) is 9.41. The minimum Gasteiger partial charge on any atom is -0.435 e. The van der Waals surface area contributed by atoms with Gasteiger partial charge in [-0.3, -0.25) is 14.8 Å². The van der Waals surface area contributed by atoms with E-state index in [9.17, 15) is 14.0 Å². The number of nitrogens with zero attached hydrogens (tertiary/aromatic N) is 3. The lowest BCUT2D eigenvalue weighted by molar-refractivity contribution is -0.00495. The minimum atomic E-state index is -0.905. The lowest BCUT2D eigenvalue weighted by Crippen LogP contribution is -2.59. The van der Waals surface area contributed by atoms with Gasteiger partial charge in [0.25, 0.3) is 5.91 Å². The number of aryl methyl sites for hydroxylation is 1. The Morgan fingerprint density at radius 2 is 2.03 bits per heavy atom. The van der Waals surface area contributed by atoms with E-state index in [0.29, 0.717) is 47.4 Å². The van der Waals surface area contributed by atoms with Gasteiger partial charge in [0.2, 0.25) is 0 Å². The van der Waals surface area contributed by atoms with Crippen molar-refractivity contribution in [3.05, 3.63) is 51.5 Å². The third kappa shape index (κ3) is 4.79. The van der Waals surface area contributed by atoms with Crippen LogP contribution in [0.1, 0.15) is 48.4 Å².